The van der Waals surface area contributed by atoms with E-state index in [-0.39, 0.29) is 11.9 Å². The summed E-state index contributed by atoms with van der Waals surface area (Å²) in [6.45, 7) is 4.65. The molecule has 1 saturated heterocycles. The van der Waals surface area contributed by atoms with Crippen LogP contribution in [0, 0.1) is 5.92 Å². The molecule has 1 atom stereocenters. The number of piperidine rings is 1. The van der Waals surface area contributed by atoms with Gasteiger partial charge in [0.05, 0.1) is 6.54 Å². The van der Waals surface area contributed by atoms with Gasteiger partial charge in [0.2, 0.25) is 5.91 Å². The van der Waals surface area contributed by atoms with Gasteiger partial charge in [0, 0.05) is 18.8 Å². The molecule has 2 aliphatic rings. The van der Waals surface area contributed by atoms with Gasteiger partial charge in [0.15, 0.2) is 0 Å². The van der Waals surface area contributed by atoms with Crippen LogP contribution in [-0.2, 0) is 4.79 Å². The summed E-state index contributed by atoms with van der Waals surface area (Å²) in [6, 6.07) is 0.282. The lowest BCUT2D eigenvalue weighted by molar-refractivity contribution is -0.129. The van der Waals surface area contributed by atoms with E-state index in [1.807, 2.05) is 11.9 Å². The first-order valence-electron chi connectivity index (χ1n) is 7.51. The molecule has 4 nitrogen and oxygen atoms in total. The van der Waals surface area contributed by atoms with Gasteiger partial charge in [-0.25, -0.2) is 0 Å². The van der Waals surface area contributed by atoms with Gasteiger partial charge >= 0.3 is 0 Å². The maximum absolute atomic E-state index is 12.2. The lowest BCUT2D eigenvalue weighted by atomic mass is 9.91. The van der Waals surface area contributed by atoms with E-state index in [2.05, 4.69) is 17.9 Å². The molecule has 2 rings (SSSR count). The number of allylic oxidation sites excluding steroid dienone is 2. The Balaban J connectivity index is 1.77. The summed E-state index contributed by atoms with van der Waals surface area (Å²) in [5.74, 6) is 0.856. The van der Waals surface area contributed by atoms with E-state index in [4.69, 9.17) is 5.73 Å². The Bertz CT molecular complexity index is 343. The number of rotatable bonds is 4. The van der Waals surface area contributed by atoms with Crippen molar-refractivity contribution in [1.82, 2.24) is 9.80 Å². The second-order valence-corrected chi connectivity index (χ2v) is 6.01. The molecule has 108 valence electrons. The first-order valence-corrected chi connectivity index (χ1v) is 7.51. The highest BCUT2D eigenvalue weighted by Gasteiger charge is 2.24. The zero-order valence-corrected chi connectivity index (χ0v) is 12.3. The maximum atomic E-state index is 12.2. The van der Waals surface area contributed by atoms with E-state index in [1.165, 1.54) is 12.1 Å². The predicted molar refractivity (Wildman–Crippen MR) is 77.5 cm³/mol. The van der Waals surface area contributed by atoms with Crippen LogP contribution in [0.2, 0.25) is 0 Å². The number of hydrogen-bond acceptors (Lipinski definition) is 3. The average molecular weight is 265 g/mol. The SMILES string of the molecule is CC(N)C1CCN(CC(=O)N(C)C2=CCCC2)CC1. The summed E-state index contributed by atoms with van der Waals surface area (Å²) in [5, 5.41) is 0. The Labute approximate surface area is 116 Å². The van der Waals surface area contributed by atoms with Gasteiger partial charge in [0.25, 0.3) is 0 Å². The molecule has 19 heavy (non-hydrogen) atoms. The highest BCUT2D eigenvalue weighted by Crippen LogP contribution is 2.22. The monoisotopic (exact) mass is 265 g/mol. The van der Waals surface area contributed by atoms with Crippen molar-refractivity contribution in [2.45, 2.75) is 45.1 Å². The lowest BCUT2D eigenvalue weighted by Gasteiger charge is -2.34. The van der Waals surface area contributed by atoms with E-state index < -0.39 is 0 Å². The molecule has 0 aromatic carbocycles. The second-order valence-electron chi connectivity index (χ2n) is 6.01. The molecule has 4 heteroatoms. The lowest BCUT2D eigenvalue weighted by Crippen LogP contribution is -2.44. The molecule has 1 unspecified atom stereocenters. The van der Waals surface area contributed by atoms with Gasteiger partial charge in [-0.1, -0.05) is 6.08 Å². The quantitative estimate of drug-likeness (QED) is 0.839. The van der Waals surface area contributed by atoms with Crippen molar-refractivity contribution in [2.24, 2.45) is 11.7 Å². The van der Waals surface area contributed by atoms with Crippen LogP contribution < -0.4 is 5.73 Å². The molecule has 0 saturated carbocycles. The van der Waals surface area contributed by atoms with Crippen molar-refractivity contribution in [1.29, 1.82) is 0 Å². The Morgan fingerprint density at radius 2 is 2.21 bits per heavy atom. The first kappa shape index (κ1) is 14.5. The van der Waals surface area contributed by atoms with Crippen molar-refractivity contribution in [3.8, 4) is 0 Å². The van der Waals surface area contributed by atoms with Crippen LogP contribution in [0.5, 0.6) is 0 Å². The van der Waals surface area contributed by atoms with E-state index in [1.54, 1.807) is 0 Å². The molecule has 2 N–H and O–H groups in total. The Morgan fingerprint density at radius 3 is 2.74 bits per heavy atom. The van der Waals surface area contributed by atoms with Gasteiger partial charge in [-0.15, -0.1) is 0 Å². The van der Waals surface area contributed by atoms with Crippen LogP contribution in [0.15, 0.2) is 11.8 Å². The van der Waals surface area contributed by atoms with E-state index in [9.17, 15) is 4.79 Å². The highest BCUT2D eigenvalue weighted by molar-refractivity contribution is 5.79. The Kier molecular flexibility index (Phi) is 4.99. The van der Waals surface area contributed by atoms with Crippen molar-refractivity contribution in [3.05, 3.63) is 11.8 Å². The van der Waals surface area contributed by atoms with Crippen LogP contribution in [-0.4, -0.2) is 48.4 Å². The molecular weight excluding hydrogens is 238 g/mol. The molecular formula is C15H27N3O. The van der Waals surface area contributed by atoms with Gasteiger partial charge in [-0.2, -0.15) is 0 Å². The maximum Gasteiger partial charge on any atom is 0.240 e. The third-order valence-corrected chi connectivity index (χ3v) is 4.56. The van der Waals surface area contributed by atoms with Crippen LogP contribution in [0.1, 0.15) is 39.0 Å². The zero-order valence-electron chi connectivity index (χ0n) is 12.3. The predicted octanol–water partition coefficient (Wildman–Crippen LogP) is 1.57. The minimum atomic E-state index is 0.229. The Hall–Kier alpha value is -0.870. The molecule has 0 aromatic heterocycles. The summed E-state index contributed by atoms with van der Waals surface area (Å²) >= 11 is 0. The molecule has 1 fully saturated rings. The summed E-state index contributed by atoms with van der Waals surface area (Å²) in [4.78, 5) is 16.4. The minimum absolute atomic E-state index is 0.229. The number of hydrogen-bond donors (Lipinski definition) is 1. The smallest absolute Gasteiger partial charge is 0.240 e. The summed E-state index contributed by atoms with van der Waals surface area (Å²) in [6.07, 6.45) is 7.80. The van der Waals surface area contributed by atoms with Crippen molar-refractivity contribution >= 4 is 5.91 Å². The number of nitrogens with two attached hydrogens (primary N) is 1. The largest absolute Gasteiger partial charge is 0.328 e. The van der Waals surface area contributed by atoms with Crippen LogP contribution >= 0.6 is 0 Å². The topological polar surface area (TPSA) is 49.6 Å². The number of carbonyl (C=O) groups is 1. The number of likely N-dealkylation sites (N-methyl/N-ethyl adjacent to an activating group) is 1. The highest BCUT2D eigenvalue weighted by atomic mass is 16.2. The molecule has 0 radical (unpaired) electrons. The van der Waals surface area contributed by atoms with Gasteiger partial charge < -0.3 is 10.6 Å². The third kappa shape index (κ3) is 3.80. The average Bonchev–Trinajstić information content (AvgIpc) is 2.92. The Morgan fingerprint density at radius 1 is 1.53 bits per heavy atom. The van der Waals surface area contributed by atoms with Gasteiger partial charge in [0.1, 0.15) is 0 Å². The molecule has 0 spiro atoms. The summed E-state index contributed by atoms with van der Waals surface area (Å²) in [7, 11) is 1.91. The fourth-order valence-corrected chi connectivity index (χ4v) is 3.05. The van der Waals surface area contributed by atoms with Crippen LogP contribution in [0.4, 0.5) is 0 Å². The van der Waals surface area contributed by atoms with Crippen molar-refractivity contribution in [3.63, 3.8) is 0 Å². The number of amides is 1. The minimum Gasteiger partial charge on any atom is -0.328 e. The first-order chi connectivity index (χ1) is 9.08. The number of likely N-dealkylation sites (tertiary alicyclic amines) is 1. The molecule has 1 aliphatic carbocycles. The summed E-state index contributed by atoms with van der Waals surface area (Å²) < 4.78 is 0. The second kappa shape index (κ2) is 6.53. The zero-order chi connectivity index (χ0) is 13.8. The third-order valence-electron chi connectivity index (χ3n) is 4.56. The normalized spacial score (nSPS) is 23.2. The fourth-order valence-electron chi connectivity index (χ4n) is 3.05. The van der Waals surface area contributed by atoms with Crippen molar-refractivity contribution in [2.75, 3.05) is 26.7 Å². The fraction of sp³-hybridized carbons (Fsp3) is 0.800. The van der Waals surface area contributed by atoms with Crippen LogP contribution in [0.3, 0.4) is 0 Å². The van der Waals surface area contributed by atoms with Gasteiger partial charge in [-0.05, 0) is 58.0 Å². The van der Waals surface area contributed by atoms with Gasteiger partial charge in [-0.3, -0.25) is 9.69 Å². The molecule has 0 aromatic rings. The molecule has 1 aliphatic heterocycles. The molecule has 1 heterocycles. The number of carbonyl (C=O) groups excluding carboxylic acids is 1. The van der Waals surface area contributed by atoms with E-state index >= 15 is 0 Å². The number of nitrogens with zero attached hydrogens (tertiary/aromatic N) is 2. The summed E-state index contributed by atoms with van der Waals surface area (Å²) in [5.41, 5.74) is 7.15. The van der Waals surface area contributed by atoms with Crippen LogP contribution in [0.25, 0.3) is 0 Å². The molecule has 1 amide bonds. The van der Waals surface area contributed by atoms with E-state index in [0.717, 1.165) is 38.8 Å². The standard InChI is InChI=1S/C15H27N3O/c1-12(16)13-7-9-18(10-8-13)11-15(19)17(2)14-5-3-4-6-14/h5,12-13H,3-4,6-11,16H2,1-2H3. The molecule has 0 bridgehead atoms. The van der Waals surface area contributed by atoms with Crippen molar-refractivity contribution < 1.29 is 4.79 Å². The van der Waals surface area contributed by atoms with E-state index in [0.29, 0.717) is 12.5 Å².